The number of rotatable bonds is 4. The predicted molar refractivity (Wildman–Crippen MR) is 117 cm³/mol. The molecule has 9 heteroatoms. The molecule has 7 nitrogen and oxygen atoms in total. The zero-order chi connectivity index (χ0) is 21.4. The molecule has 1 N–H and O–H groups in total. The van der Waals surface area contributed by atoms with Crippen LogP contribution >= 0.6 is 11.3 Å². The third kappa shape index (κ3) is 4.06. The Kier molecular flexibility index (Phi) is 5.43. The molecule has 1 aromatic carbocycles. The normalized spacial score (nSPS) is 17.0. The Morgan fingerprint density at radius 3 is 2.68 bits per heavy atom. The molecule has 1 fully saturated rings. The van der Waals surface area contributed by atoms with Gasteiger partial charge < -0.3 is 10.2 Å². The highest BCUT2D eigenvalue weighted by atomic mass is 32.1. The van der Waals surface area contributed by atoms with Crippen LogP contribution in [-0.4, -0.2) is 33.6 Å². The van der Waals surface area contributed by atoms with E-state index >= 15 is 0 Å². The summed E-state index contributed by atoms with van der Waals surface area (Å²) in [5.74, 6) is -0.312. The number of hydrogen-bond acceptors (Lipinski definition) is 6. The van der Waals surface area contributed by atoms with E-state index in [0.29, 0.717) is 24.6 Å². The minimum atomic E-state index is -0.282. The van der Waals surface area contributed by atoms with Gasteiger partial charge in [0.2, 0.25) is 16.0 Å². The maximum Gasteiger partial charge on any atom is 0.278 e. The average Bonchev–Trinajstić information content (AvgIpc) is 3.23. The summed E-state index contributed by atoms with van der Waals surface area (Å²) in [4.78, 5) is 32.8. The smallest absolute Gasteiger partial charge is 0.278 e. The van der Waals surface area contributed by atoms with Gasteiger partial charge in [0.15, 0.2) is 0 Å². The van der Waals surface area contributed by atoms with Gasteiger partial charge in [-0.25, -0.2) is 9.37 Å². The van der Waals surface area contributed by atoms with Crippen molar-refractivity contribution in [3.05, 3.63) is 57.3 Å². The molecule has 5 rings (SSSR count). The molecular weight excluding hydrogens is 417 g/mol. The number of carbonyl (C=O) groups is 1. The number of hydrogen-bond donors (Lipinski definition) is 1. The molecule has 2 aromatic heterocycles. The minimum absolute atomic E-state index is 0.0267. The van der Waals surface area contributed by atoms with E-state index in [2.05, 4.69) is 15.3 Å². The van der Waals surface area contributed by atoms with Crippen LogP contribution in [0.25, 0.3) is 4.96 Å². The van der Waals surface area contributed by atoms with Gasteiger partial charge in [-0.15, -0.1) is 5.10 Å². The van der Waals surface area contributed by atoms with Gasteiger partial charge in [0.05, 0.1) is 5.69 Å². The van der Waals surface area contributed by atoms with E-state index in [-0.39, 0.29) is 23.2 Å². The number of nitrogens with zero attached hydrogens (tertiary/aromatic N) is 4. The fraction of sp³-hybridized carbons (Fsp3) is 0.455. The second-order valence-electron chi connectivity index (χ2n) is 8.23. The van der Waals surface area contributed by atoms with E-state index in [9.17, 15) is 14.0 Å². The monoisotopic (exact) mass is 441 g/mol. The molecule has 1 aliphatic heterocycles. The van der Waals surface area contributed by atoms with E-state index in [4.69, 9.17) is 4.98 Å². The molecule has 2 aliphatic rings. The van der Waals surface area contributed by atoms with Gasteiger partial charge in [-0.2, -0.15) is 4.52 Å². The molecule has 0 spiro atoms. The molecular formula is C22H24FN5O2S. The number of halogens is 1. The van der Waals surface area contributed by atoms with Gasteiger partial charge in [-0.05, 0) is 56.2 Å². The number of amides is 1. The summed E-state index contributed by atoms with van der Waals surface area (Å²) in [7, 11) is 0. The maximum atomic E-state index is 13.0. The van der Waals surface area contributed by atoms with Gasteiger partial charge in [0.1, 0.15) is 5.82 Å². The SMILES string of the molecule is O=C(NCc1ccc(F)cc1)C1CCN(c2nn3c(=O)c4c(nc3s2)CCCC4)CC1. The second-order valence-corrected chi connectivity index (χ2v) is 9.17. The molecule has 1 aliphatic carbocycles. The zero-order valence-electron chi connectivity index (χ0n) is 17.1. The number of nitrogens with one attached hydrogen (secondary N) is 1. The van der Waals surface area contributed by atoms with E-state index in [1.165, 1.54) is 28.0 Å². The van der Waals surface area contributed by atoms with Crippen LogP contribution in [0.3, 0.4) is 0 Å². The molecule has 0 radical (unpaired) electrons. The quantitative estimate of drug-likeness (QED) is 0.674. The van der Waals surface area contributed by atoms with E-state index in [0.717, 1.165) is 60.5 Å². The molecule has 0 bridgehead atoms. The first-order chi connectivity index (χ1) is 15.1. The number of fused-ring (bicyclic) bond motifs is 2. The first-order valence-corrected chi connectivity index (χ1v) is 11.6. The van der Waals surface area contributed by atoms with Crippen LogP contribution in [0.5, 0.6) is 0 Å². The van der Waals surface area contributed by atoms with Crippen molar-refractivity contribution in [2.24, 2.45) is 5.92 Å². The first-order valence-electron chi connectivity index (χ1n) is 10.8. The molecule has 0 saturated carbocycles. The van der Waals surface area contributed by atoms with Crippen molar-refractivity contribution in [3.63, 3.8) is 0 Å². The van der Waals surface area contributed by atoms with Crippen molar-refractivity contribution in [2.45, 2.75) is 45.1 Å². The maximum absolute atomic E-state index is 13.0. The summed E-state index contributed by atoms with van der Waals surface area (Å²) in [6.07, 6.45) is 5.22. The number of benzene rings is 1. The lowest BCUT2D eigenvalue weighted by atomic mass is 9.96. The number of aromatic nitrogens is 3. The van der Waals surface area contributed by atoms with Gasteiger partial charge in [-0.1, -0.05) is 23.5 Å². The summed E-state index contributed by atoms with van der Waals surface area (Å²) in [6, 6.07) is 6.15. The van der Waals surface area contributed by atoms with Crippen molar-refractivity contribution in [1.29, 1.82) is 0 Å². The Bertz CT molecular complexity index is 1170. The van der Waals surface area contributed by atoms with Crippen molar-refractivity contribution < 1.29 is 9.18 Å². The third-order valence-electron chi connectivity index (χ3n) is 6.19. The Hall–Kier alpha value is -2.81. The van der Waals surface area contributed by atoms with Crippen LogP contribution in [0.4, 0.5) is 9.52 Å². The Morgan fingerprint density at radius 1 is 1.16 bits per heavy atom. The number of carbonyl (C=O) groups excluding carboxylic acids is 1. The van der Waals surface area contributed by atoms with Gasteiger partial charge in [0.25, 0.3) is 5.56 Å². The highest BCUT2D eigenvalue weighted by Gasteiger charge is 2.27. The van der Waals surface area contributed by atoms with Crippen LogP contribution in [-0.2, 0) is 24.2 Å². The van der Waals surface area contributed by atoms with E-state index in [1.807, 2.05) is 0 Å². The molecule has 162 valence electrons. The Labute approximate surface area is 182 Å². The van der Waals surface area contributed by atoms with Crippen LogP contribution in [0, 0.1) is 11.7 Å². The number of piperidine rings is 1. The molecule has 3 aromatic rings. The summed E-state index contributed by atoms with van der Waals surface area (Å²) >= 11 is 1.44. The summed E-state index contributed by atoms with van der Waals surface area (Å²) in [5.41, 5.74) is 2.60. The highest BCUT2D eigenvalue weighted by molar-refractivity contribution is 7.20. The Morgan fingerprint density at radius 2 is 1.90 bits per heavy atom. The molecule has 0 unspecified atom stereocenters. The predicted octanol–water partition coefficient (Wildman–Crippen LogP) is 2.70. The fourth-order valence-corrected chi connectivity index (χ4v) is 5.32. The van der Waals surface area contributed by atoms with Crippen LogP contribution in [0.15, 0.2) is 29.1 Å². The standard InChI is InChI=1S/C22H24FN5O2S/c23-16-7-5-14(6-8-16)13-24-19(29)15-9-11-27(12-10-15)22-26-28-20(30)17-3-1-2-4-18(17)25-21(28)31-22/h5-8,15H,1-4,9-13H2,(H,24,29). The summed E-state index contributed by atoms with van der Waals surface area (Å²) < 4.78 is 14.5. The van der Waals surface area contributed by atoms with Crippen molar-refractivity contribution >= 4 is 27.3 Å². The molecule has 1 saturated heterocycles. The van der Waals surface area contributed by atoms with Gasteiger partial charge >= 0.3 is 0 Å². The van der Waals surface area contributed by atoms with Crippen molar-refractivity contribution in [1.82, 2.24) is 19.9 Å². The summed E-state index contributed by atoms with van der Waals surface area (Å²) in [6.45, 7) is 1.82. The lowest BCUT2D eigenvalue weighted by molar-refractivity contribution is -0.125. The molecule has 0 atom stereocenters. The third-order valence-corrected chi connectivity index (χ3v) is 7.15. The average molecular weight is 442 g/mol. The van der Waals surface area contributed by atoms with Gasteiger partial charge in [-0.3, -0.25) is 9.59 Å². The zero-order valence-corrected chi connectivity index (χ0v) is 18.0. The number of anilines is 1. The Balaban J connectivity index is 1.22. The first kappa shape index (κ1) is 20.1. The van der Waals surface area contributed by atoms with Crippen molar-refractivity contribution in [3.8, 4) is 0 Å². The molecule has 1 amide bonds. The minimum Gasteiger partial charge on any atom is -0.352 e. The van der Waals surface area contributed by atoms with Crippen molar-refractivity contribution in [2.75, 3.05) is 18.0 Å². The summed E-state index contributed by atoms with van der Waals surface area (Å²) in [5, 5.41) is 8.30. The van der Waals surface area contributed by atoms with E-state index in [1.54, 1.807) is 12.1 Å². The van der Waals surface area contributed by atoms with E-state index < -0.39 is 0 Å². The lowest BCUT2D eigenvalue weighted by Gasteiger charge is -2.30. The topological polar surface area (TPSA) is 79.6 Å². The lowest BCUT2D eigenvalue weighted by Crippen LogP contribution is -2.40. The highest BCUT2D eigenvalue weighted by Crippen LogP contribution is 2.28. The largest absolute Gasteiger partial charge is 0.352 e. The fourth-order valence-electron chi connectivity index (χ4n) is 4.36. The number of aryl methyl sites for hydroxylation is 1. The van der Waals surface area contributed by atoms with Gasteiger partial charge in [0, 0.05) is 31.1 Å². The van der Waals surface area contributed by atoms with Crippen LogP contribution < -0.4 is 15.8 Å². The molecule has 3 heterocycles. The van der Waals surface area contributed by atoms with Crippen LogP contribution in [0.2, 0.25) is 0 Å². The second kappa shape index (κ2) is 8.37. The van der Waals surface area contributed by atoms with Crippen LogP contribution in [0.1, 0.15) is 42.5 Å². The molecule has 31 heavy (non-hydrogen) atoms.